The highest BCUT2D eigenvalue weighted by Crippen LogP contribution is 2.40. The number of carbonyl (C=O) groups is 4. The minimum Gasteiger partial charge on any atom is -0.477 e. The van der Waals surface area contributed by atoms with Gasteiger partial charge in [-0.05, 0) is 0 Å². The lowest BCUT2D eigenvalue weighted by Gasteiger charge is -2.49. The number of thioether (sulfide) groups is 3. The van der Waals surface area contributed by atoms with E-state index in [0.717, 1.165) is 23.6 Å². The third-order valence-electron chi connectivity index (χ3n) is 4.25. The van der Waals surface area contributed by atoms with Crippen LogP contribution < -0.4 is 5.32 Å². The predicted molar refractivity (Wildman–Crippen MR) is 114 cm³/mol. The Balaban J connectivity index is 1.78. The number of aliphatic imine (C=N–C) groups is 1. The van der Waals surface area contributed by atoms with Crippen LogP contribution in [0.5, 0.6) is 0 Å². The average Bonchev–Trinajstić information content (AvgIpc) is 3.19. The Hall–Kier alpha value is -1.75. The first-order valence-corrected chi connectivity index (χ1v) is 13.2. The van der Waals surface area contributed by atoms with Crippen LogP contribution in [0.25, 0.3) is 0 Å². The molecule has 2 amide bonds. The number of hydrogen-bond acceptors (Lipinski definition) is 11. The van der Waals surface area contributed by atoms with Crippen molar-refractivity contribution in [3.8, 4) is 0 Å². The van der Waals surface area contributed by atoms with Crippen LogP contribution in [0.3, 0.4) is 0 Å². The Kier molecular flexibility index (Phi) is 7.25. The molecule has 3 aliphatic heterocycles. The molecule has 0 radical (unpaired) electrons. The van der Waals surface area contributed by atoms with E-state index in [9.17, 15) is 37.3 Å². The first-order valence-electron chi connectivity index (χ1n) is 8.63. The number of aliphatic carboxylic acids is 1. The summed E-state index contributed by atoms with van der Waals surface area (Å²) in [5, 5.41) is 9.84. The maximum absolute atomic E-state index is 12.6. The summed E-state index contributed by atoms with van der Waals surface area (Å²) in [5.74, 6) is -2.52. The van der Waals surface area contributed by atoms with Gasteiger partial charge in [-0.25, -0.2) is 9.79 Å². The lowest BCUT2D eigenvalue weighted by Crippen LogP contribution is -2.71. The van der Waals surface area contributed by atoms with Crippen LogP contribution in [0.15, 0.2) is 16.3 Å². The number of hydrogen-bond donors (Lipinski definition) is 3. The molecule has 0 aromatic rings. The summed E-state index contributed by atoms with van der Waals surface area (Å²) in [4.78, 5) is 52.5. The highest BCUT2D eigenvalue weighted by Gasteiger charge is 2.54. The van der Waals surface area contributed by atoms with E-state index in [4.69, 9.17) is 4.74 Å². The summed E-state index contributed by atoms with van der Waals surface area (Å²) in [6, 6.07) is -1.21. The maximum Gasteiger partial charge on any atom is 0.352 e. The standard InChI is InChI=1S/C15H17N3O9S4/c1-6(19)27-4-7-5-30-13-8(12(21)18(13)9(7)14(22)23)16-10(20)11(31(24,25)26)17-15-28-2-3-29-15/h8,13,15H,2-5H2,1H3,(H,16,20)(H,22,23)(H,24,25,26)/t8-,13-/m1/s1. The van der Waals surface area contributed by atoms with Crippen molar-refractivity contribution in [1.82, 2.24) is 10.2 Å². The molecule has 12 nitrogen and oxygen atoms in total. The topological polar surface area (TPSA) is 180 Å². The normalized spacial score (nSPS) is 24.5. The van der Waals surface area contributed by atoms with Crippen LogP contribution in [0.1, 0.15) is 6.92 Å². The van der Waals surface area contributed by atoms with Gasteiger partial charge in [0.2, 0.25) is 5.04 Å². The van der Waals surface area contributed by atoms with Gasteiger partial charge < -0.3 is 15.2 Å². The third kappa shape index (κ3) is 5.19. The van der Waals surface area contributed by atoms with Crippen molar-refractivity contribution in [2.75, 3.05) is 23.9 Å². The van der Waals surface area contributed by atoms with Crippen LogP contribution in [-0.2, 0) is 34.0 Å². The fourth-order valence-electron chi connectivity index (χ4n) is 2.94. The summed E-state index contributed by atoms with van der Waals surface area (Å²) in [6.07, 6.45) is 0. The van der Waals surface area contributed by atoms with Gasteiger partial charge in [-0.3, -0.25) is 23.8 Å². The number of carbonyl (C=O) groups excluding carboxylic acids is 3. The van der Waals surface area contributed by atoms with Crippen molar-refractivity contribution < 1.29 is 42.0 Å². The summed E-state index contributed by atoms with van der Waals surface area (Å²) >= 11 is 3.73. The molecule has 16 heteroatoms. The van der Waals surface area contributed by atoms with Crippen LogP contribution in [0.2, 0.25) is 0 Å². The molecule has 3 aliphatic rings. The van der Waals surface area contributed by atoms with Crippen LogP contribution in [0, 0.1) is 0 Å². The molecule has 31 heavy (non-hydrogen) atoms. The second-order valence-corrected chi connectivity index (χ2v) is 11.5. The number of ether oxygens (including phenoxy) is 1. The smallest absolute Gasteiger partial charge is 0.352 e. The predicted octanol–water partition coefficient (Wildman–Crippen LogP) is -0.662. The second kappa shape index (κ2) is 9.40. The van der Waals surface area contributed by atoms with Crippen molar-refractivity contribution in [2.24, 2.45) is 4.99 Å². The minimum absolute atomic E-state index is 0.115. The molecule has 0 aromatic heterocycles. The molecular formula is C15H17N3O9S4. The van der Waals surface area contributed by atoms with Crippen molar-refractivity contribution in [3.05, 3.63) is 11.3 Å². The largest absolute Gasteiger partial charge is 0.477 e. The summed E-state index contributed by atoms with van der Waals surface area (Å²) < 4.78 is 36.9. The molecule has 2 atom stereocenters. The van der Waals surface area contributed by atoms with Gasteiger partial charge in [-0.15, -0.1) is 35.3 Å². The zero-order chi connectivity index (χ0) is 22.9. The average molecular weight is 512 g/mol. The van der Waals surface area contributed by atoms with E-state index in [0.29, 0.717) is 11.5 Å². The monoisotopic (exact) mass is 511 g/mol. The zero-order valence-electron chi connectivity index (χ0n) is 15.8. The Morgan fingerprint density at radius 3 is 2.45 bits per heavy atom. The van der Waals surface area contributed by atoms with Gasteiger partial charge in [0.05, 0.1) is 0 Å². The van der Waals surface area contributed by atoms with Crippen LogP contribution in [0.4, 0.5) is 0 Å². The number of esters is 1. The van der Waals surface area contributed by atoms with Gasteiger partial charge in [0.15, 0.2) is 0 Å². The molecular weight excluding hydrogens is 494 g/mol. The van der Waals surface area contributed by atoms with Crippen molar-refractivity contribution >= 4 is 74.2 Å². The molecule has 3 N–H and O–H groups in total. The molecule has 0 saturated carbocycles. The molecule has 3 rings (SSSR count). The van der Waals surface area contributed by atoms with E-state index in [2.05, 4.69) is 10.3 Å². The number of rotatable bonds is 5. The molecule has 0 aromatic carbocycles. The molecule has 0 aliphatic carbocycles. The SMILES string of the molecule is CC(=O)OCC1=C(C(=O)O)N2C(=O)[C@@H](NC(=O)C(=NC3SCCS3)S(=O)(=O)O)[C@H]2SC1. The van der Waals surface area contributed by atoms with E-state index in [1.165, 1.54) is 23.5 Å². The molecule has 2 saturated heterocycles. The molecule has 0 bridgehead atoms. The summed E-state index contributed by atoms with van der Waals surface area (Å²) in [7, 11) is -4.95. The molecule has 170 valence electrons. The van der Waals surface area contributed by atoms with Crippen LogP contribution >= 0.6 is 35.3 Å². The number of carboxylic acid groups (broad SMARTS) is 1. The maximum atomic E-state index is 12.6. The van der Waals surface area contributed by atoms with Gasteiger partial charge in [-0.1, -0.05) is 0 Å². The number of carboxylic acids is 1. The number of fused-ring (bicyclic) bond motifs is 1. The quantitative estimate of drug-likeness (QED) is 0.140. The molecule has 2 fully saturated rings. The van der Waals surface area contributed by atoms with Crippen LogP contribution in [-0.4, -0.2) is 91.8 Å². The van der Waals surface area contributed by atoms with Crippen molar-refractivity contribution in [2.45, 2.75) is 23.0 Å². The van der Waals surface area contributed by atoms with E-state index in [-0.39, 0.29) is 23.6 Å². The van der Waals surface area contributed by atoms with Crippen molar-refractivity contribution in [1.29, 1.82) is 0 Å². The van der Waals surface area contributed by atoms with Gasteiger partial charge in [0.1, 0.15) is 28.4 Å². The van der Waals surface area contributed by atoms with E-state index in [1.807, 2.05) is 0 Å². The molecule has 3 heterocycles. The molecule has 0 unspecified atom stereocenters. The Morgan fingerprint density at radius 1 is 1.26 bits per heavy atom. The first kappa shape index (κ1) is 23.9. The Bertz CT molecular complexity index is 988. The number of nitrogens with zero attached hydrogens (tertiary/aromatic N) is 2. The van der Waals surface area contributed by atoms with E-state index in [1.54, 1.807) is 0 Å². The highest BCUT2D eigenvalue weighted by atomic mass is 32.2. The van der Waals surface area contributed by atoms with Gasteiger partial charge in [-0.2, -0.15) is 8.42 Å². The first-order chi connectivity index (χ1) is 14.5. The minimum atomic E-state index is -4.95. The fraction of sp³-hybridized carbons (Fsp3) is 0.533. The second-order valence-electron chi connectivity index (χ2n) is 6.36. The lowest BCUT2D eigenvalue weighted by atomic mass is 10.0. The fourth-order valence-corrected chi connectivity index (χ4v) is 7.43. The van der Waals surface area contributed by atoms with Gasteiger partial charge in [0, 0.05) is 29.8 Å². The highest BCUT2D eigenvalue weighted by molar-refractivity contribution is 8.20. The van der Waals surface area contributed by atoms with E-state index >= 15 is 0 Å². The third-order valence-corrected chi connectivity index (χ3v) is 9.11. The van der Waals surface area contributed by atoms with Gasteiger partial charge >= 0.3 is 22.1 Å². The zero-order valence-corrected chi connectivity index (χ0v) is 19.1. The number of β-lactam (4-membered cyclic amide) rings is 1. The summed E-state index contributed by atoms with van der Waals surface area (Å²) in [6.45, 7) is 0.866. The summed E-state index contributed by atoms with van der Waals surface area (Å²) in [5.41, 5.74) is -0.125. The molecule has 0 spiro atoms. The number of amides is 2. The van der Waals surface area contributed by atoms with Gasteiger partial charge in [0.25, 0.3) is 11.8 Å². The lowest BCUT2D eigenvalue weighted by molar-refractivity contribution is -0.150. The Morgan fingerprint density at radius 2 is 1.90 bits per heavy atom. The van der Waals surface area contributed by atoms with Crippen molar-refractivity contribution in [3.63, 3.8) is 0 Å². The Labute approximate surface area is 189 Å². The number of nitrogens with one attached hydrogen (secondary N) is 1. The van der Waals surface area contributed by atoms with E-state index < -0.39 is 55.0 Å².